The summed E-state index contributed by atoms with van der Waals surface area (Å²) in [7, 11) is 0. The van der Waals surface area contributed by atoms with E-state index in [0.29, 0.717) is 60.1 Å². The standard InChI is InChI=1S/C44H42N2O8/c47-43(48)41(53-31-15-3-1-4-16-31)39-37-33-19-9-7-13-29(33)21-23-35(37)51-27-12-28-52-36-24-22-30-14-8-10-20-34(30)38(36)40(46-26-11-25-45-39)42(44(49)50)54-32-17-5-2-6-18-32/h1-10,13-24,39-42,45-46H,11-12,25-28H2,(H,47,48)(H,49,50)/t39-,40-,41+,42+/m1/s1. The maximum Gasteiger partial charge on any atom is 0.346 e. The molecule has 6 aromatic rings. The summed E-state index contributed by atoms with van der Waals surface area (Å²) in [5.41, 5.74) is 1.35. The molecule has 54 heavy (non-hydrogen) atoms. The first-order valence-corrected chi connectivity index (χ1v) is 18.1. The molecule has 0 saturated heterocycles. The van der Waals surface area contributed by atoms with E-state index in [2.05, 4.69) is 10.6 Å². The Balaban J connectivity index is 1.28. The smallest absolute Gasteiger partial charge is 0.346 e. The fraction of sp³-hybridized carbons (Fsp3) is 0.227. The van der Waals surface area contributed by atoms with Crippen molar-refractivity contribution in [2.24, 2.45) is 0 Å². The van der Waals surface area contributed by atoms with Crippen molar-refractivity contribution in [1.82, 2.24) is 10.6 Å². The zero-order valence-corrected chi connectivity index (χ0v) is 29.6. The van der Waals surface area contributed by atoms with Gasteiger partial charge in [-0.2, -0.15) is 0 Å². The van der Waals surface area contributed by atoms with Crippen LogP contribution in [0.25, 0.3) is 21.5 Å². The predicted molar refractivity (Wildman–Crippen MR) is 207 cm³/mol. The number of para-hydroxylation sites is 2. The monoisotopic (exact) mass is 726 g/mol. The van der Waals surface area contributed by atoms with E-state index in [1.807, 2.05) is 84.9 Å². The molecule has 4 atom stereocenters. The number of hydrogen-bond acceptors (Lipinski definition) is 8. The van der Waals surface area contributed by atoms with Crippen molar-refractivity contribution in [3.63, 3.8) is 0 Å². The topological polar surface area (TPSA) is 136 Å². The third-order valence-electron chi connectivity index (χ3n) is 9.47. The van der Waals surface area contributed by atoms with Crippen LogP contribution in [0.5, 0.6) is 23.0 Å². The summed E-state index contributed by atoms with van der Waals surface area (Å²) in [6.45, 7) is 1.25. The summed E-state index contributed by atoms with van der Waals surface area (Å²) < 4.78 is 25.3. The number of carboxylic acid groups (broad SMARTS) is 2. The average Bonchev–Trinajstić information content (AvgIpc) is 3.19. The normalized spacial score (nSPS) is 17.9. The maximum atomic E-state index is 13.1. The average molecular weight is 727 g/mol. The minimum absolute atomic E-state index is 0.273. The molecule has 0 bridgehead atoms. The number of rotatable bonds is 8. The lowest BCUT2D eigenvalue weighted by Crippen LogP contribution is -2.44. The van der Waals surface area contributed by atoms with Gasteiger partial charge >= 0.3 is 11.9 Å². The van der Waals surface area contributed by atoms with E-state index in [1.54, 1.807) is 48.5 Å². The van der Waals surface area contributed by atoms with Crippen molar-refractivity contribution < 1.29 is 38.7 Å². The molecule has 6 aromatic carbocycles. The van der Waals surface area contributed by atoms with Crippen LogP contribution in [-0.2, 0) is 9.59 Å². The van der Waals surface area contributed by atoms with Crippen molar-refractivity contribution in [1.29, 1.82) is 0 Å². The molecule has 0 radical (unpaired) electrons. The number of nitrogens with one attached hydrogen (secondary N) is 2. The molecular formula is C44H42N2O8. The summed E-state index contributed by atoms with van der Waals surface area (Å²) in [5, 5.41) is 31.9. The van der Waals surface area contributed by atoms with Gasteiger partial charge in [0.15, 0.2) is 0 Å². The third kappa shape index (κ3) is 8.25. The summed E-state index contributed by atoms with van der Waals surface area (Å²) in [6.07, 6.45) is -1.67. The van der Waals surface area contributed by atoms with Crippen LogP contribution in [0.3, 0.4) is 0 Å². The van der Waals surface area contributed by atoms with Gasteiger partial charge in [0.2, 0.25) is 12.2 Å². The molecule has 1 heterocycles. The lowest BCUT2D eigenvalue weighted by Gasteiger charge is -2.30. The Hall–Kier alpha value is -6.10. The number of carbonyl (C=O) groups is 2. The van der Waals surface area contributed by atoms with Crippen LogP contribution in [-0.4, -0.2) is 60.7 Å². The number of aliphatic carboxylic acids is 2. The molecular weight excluding hydrogens is 684 g/mol. The fourth-order valence-electron chi connectivity index (χ4n) is 7.01. The second kappa shape index (κ2) is 17.2. The van der Waals surface area contributed by atoms with Gasteiger partial charge in [0.25, 0.3) is 0 Å². The highest BCUT2D eigenvalue weighted by molar-refractivity contribution is 5.90. The van der Waals surface area contributed by atoms with Gasteiger partial charge in [0.05, 0.1) is 25.3 Å². The lowest BCUT2D eigenvalue weighted by atomic mass is 9.93. The third-order valence-corrected chi connectivity index (χ3v) is 9.47. The van der Waals surface area contributed by atoms with E-state index in [-0.39, 0.29) is 13.2 Å². The maximum absolute atomic E-state index is 13.1. The Morgan fingerprint density at radius 1 is 0.537 bits per heavy atom. The highest BCUT2D eigenvalue weighted by Crippen LogP contribution is 2.38. The first-order valence-electron chi connectivity index (χ1n) is 18.1. The molecule has 0 saturated carbocycles. The number of benzene rings is 6. The number of hydrogen-bond donors (Lipinski definition) is 4. The largest absolute Gasteiger partial charge is 0.493 e. The molecule has 0 fully saturated rings. The van der Waals surface area contributed by atoms with E-state index in [1.165, 1.54) is 0 Å². The van der Waals surface area contributed by atoms with Crippen molar-refractivity contribution in [2.75, 3.05) is 26.3 Å². The van der Waals surface area contributed by atoms with E-state index in [0.717, 1.165) is 21.5 Å². The Kier molecular flexibility index (Phi) is 11.5. The SMILES string of the molecule is O=C(O)[C@@H](Oc1ccccc1)[C@@H]1NCCCN[C@@H]([C@H](Oc2ccccc2)C(=O)O)c2c(ccc3ccccc23)OCCCOc2ccc3ccccc3c21. The molecule has 1 aliphatic rings. The summed E-state index contributed by atoms with van der Waals surface area (Å²) in [6, 6.07) is 39.4. The second-order valence-electron chi connectivity index (χ2n) is 13.0. The number of carboxylic acids is 2. The van der Waals surface area contributed by atoms with Crippen LogP contribution < -0.4 is 29.6 Å². The number of fused-ring (bicyclic) bond motifs is 6. The molecule has 0 amide bonds. The van der Waals surface area contributed by atoms with Gasteiger partial charge in [-0.15, -0.1) is 0 Å². The minimum Gasteiger partial charge on any atom is -0.493 e. The molecule has 7 rings (SSSR count). The van der Waals surface area contributed by atoms with Crippen LogP contribution in [0.1, 0.15) is 36.1 Å². The highest BCUT2D eigenvalue weighted by Gasteiger charge is 2.37. The Bertz CT molecular complexity index is 2040. The molecule has 0 aromatic heterocycles. The van der Waals surface area contributed by atoms with Gasteiger partial charge < -0.3 is 39.8 Å². The van der Waals surface area contributed by atoms with Crippen LogP contribution in [0.15, 0.2) is 133 Å². The van der Waals surface area contributed by atoms with Gasteiger partial charge in [-0.1, -0.05) is 97.1 Å². The Morgan fingerprint density at radius 2 is 0.944 bits per heavy atom. The van der Waals surface area contributed by atoms with E-state index >= 15 is 0 Å². The molecule has 10 nitrogen and oxygen atoms in total. The second-order valence-corrected chi connectivity index (χ2v) is 13.0. The van der Waals surface area contributed by atoms with E-state index in [9.17, 15) is 19.8 Å². The van der Waals surface area contributed by atoms with Gasteiger partial charge in [0.1, 0.15) is 23.0 Å². The van der Waals surface area contributed by atoms with Crippen molar-refractivity contribution in [2.45, 2.75) is 37.1 Å². The van der Waals surface area contributed by atoms with Crippen LogP contribution >= 0.6 is 0 Å². The van der Waals surface area contributed by atoms with Crippen molar-refractivity contribution >= 4 is 33.5 Å². The summed E-state index contributed by atoms with van der Waals surface area (Å²) in [5.74, 6) is -0.329. The zero-order chi connectivity index (χ0) is 37.3. The van der Waals surface area contributed by atoms with Gasteiger partial charge in [0, 0.05) is 17.5 Å². The van der Waals surface area contributed by atoms with E-state index in [4.69, 9.17) is 18.9 Å². The Labute approximate surface area is 313 Å². The summed E-state index contributed by atoms with van der Waals surface area (Å²) in [4.78, 5) is 26.1. The molecule has 0 unspecified atom stereocenters. The highest BCUT2D eigenvalue weighted by atomic mass is 16.5. The van der Waals surface area contributed by atoms with Crippen LogP contribution in [0.2, 0.25) is 0 Å². The minimum atomic E-state index is -1.32. The fourth-order valence-corrected chi connectivity index (χ4v) is 7.01. The summed E-state index contributed by atoms with van der Waals surface area (Å²) >= 11 is 0. The van der Waals surface area contributed by atoms with Crippen LogP contribution in [0.4, 0.5) is 0 Å². The van der Waals surface area contributed by atoms with Gasteiger partial charge in [-0.25, -0.2) is 9.59 Å². The molecule has 4 N–H and O–H groups in total. The van der Waals surface area contributed by atoms with Crippen molar-refractivity contribution in [3.05, 3.63) is 145 Å². The zero-order valence-electron chi connectivity index (χ0n) is 29.6. The molecule has 1 aliphatic heterocycles. The lowest BCUT2D eigenvalue weighted by molar-refractivity contribution is -0.147. The molecule has 0 aliphatic carbocycles. The van der Waals surface area contributed by atoms with Gasteiger partial charge in [-0.05, 0) is 77.5 Å². The van der Waals surface area contributed by atoms with E-state index < -0.39 is 36.2 Å². The first-order chi connectivity index (χ1) is 26.5. The quantitative estimate of drug-likeness (QED) is 0.124. The molecule has 0 spiro atoms. The predicted octanol–water partition coefficient (Wildman–Crippen LogP) is 7.57. The Morgan fingerprint density at radius 3 is 1.37 bits per heavy atom. The van der Waals surface area contributed by atoms with Gasteiger partial charge in [-0.3, -0.25) is 0 Å². The van der Waals surface area contributed by atoms with Crippen LogP contribution in [0, 0.1) is 0 Å². The molecule has 10 heteroatoms. The van der Waals surface area contributed by atoms with Crippen molar-refractivity contribution in [3.8, 4) is 23.0 Å². The molecule has 276 valence electrons. The first kappa shape index (κ1) is 36.3. The number of ether oxygens (including phenoxy) is 4.